The standard InChI is InChI=1S/C16H16ClN3O3/c1-4-7-18-15(22)12-9-11(5-6-13(12)17)20-14(21)8-10(2)19(3)16(20)23/h4-6,8-9H,1,7H2,2-3H3,(H,18,22). The minimum absolute atomic E-state index is 0.181. The summed E-state index contributed by atoms with van der Waals surface area (Å²) in [6, 6.07) is 5.77. The number of nitrogens with zero attached hydrogens (tertiary/aromatic N) is 2. The molecule has 1 aromatic carbocycles. The number of halogens is 1. The maximum absolute atomic E-state index is 12.3. The quantitative estimate of drug-likeness (QED) is 0.860. The molecule has 0 aliphatic carbocycles. The highest BCUT2D eigenvalue weighted by molar-refractivity contribution is 6.33. The lowest BCUT2D eigenvalue weighted by Gasteiger charge is -2.11. The van der Waals surface area contributed by atoms with Crippen molar-refractivity contribution in [2.45, 2.75) is 6.92 Å². The fourth-order valence-electron chi connectivity index (χ4n) is 2.06. The fourth-order valence-corrected chi connectivity index (χ4v) is 2.26. The summed E-state index contributed by atoms with van der Waals surface area (Å²) in [6.45, 7) is 5.47. The smallest absolute Gasteiger partial charge is 0.335 e. The molecular formula is C16H16ClN3O3. The molecule has 0 aliphatic rings. The van der Waals surface area contributed by atoms with Crippen LogP contribution in [0.25, 0.3) is 5.69 Å². The number of amides is 1. The van der Waals surface area contributed by atoms with Crippen LogP contribution in [0.2, 0.25) is 5.02 Å². The van der Waals surface area contributed by atoms with Gasteiger partial charge >= 0.3 is 5.69 Å². The van der Waals surface area contributed by atoms with Crippen molar-refractivity contribution in [3.8, 4) is 5.69 Å². The number of aryl methyl sites for hydroxylation is 1. The number of aromatic nitrogens is 2. The molecule has 1 heterocycles. The number of hydrogen-bond acceptors (Lipinski definition) is 3. The summed E-state index contributed by atoms with van der Waals surface area (Å²) in [5, 5.41) is 2.83. The Hall–Kier alpha value is -2.60. The number of carbonyl (C=O) groups excluding carboxylic acids is 1. The van der Waals surface area contributed by atoms with Crippen LogP contribution >= 0.6 is 11.6 Å². The molecule has 0 bridgehead atoms. The third kappa shape index (κ3) is 3.27. The molecule has 23 heavy (non-hydrogen) atoms. The van der Waals surface area contributed by atoms with Gasteiger partial charge in [0.05, 0.1) is 16.3 Å². The van der Waals surface area contributed by atoms with Crippen molar-refractivity contribution in [2.75, 3.05) is 6.54 Å². The molecule has 0 atom stereocenters. The SMILES string of the molecule is C=CCNC(=O)c1cc(-n2c(=O)cc(C)n(C)c2=O)ccc1Cl. The van der Waals surface area contributed by atoms with Crippen LogP contribution < -0.4 is 16.6 Å². The van der Waals surface area contributed by atoms with Crippen LogP contribution in [-0.4, -0.2) is 21.6 Å². The number of hydrogen-bond donors (Lipinski definition) is 1. The van der Waals surface area contributed by atoms with E-state index < -0.39 is 17.2 Å². The summed E-state index contributed by atoms with van der Waals surface area (Å²) in [7, 11) is 1.57. The topological polar surface area (TPSA) is 73.1 Å². The molecule has 0 saturated heterocycles. The molecule has 6 nitrogen and oxygen atoms in total. The minimum atomic E-state index is -0.491. The molecule has 1 amide bonds. The van der Waals surface area contributed by atoms with Gasteiger partial charge in [0.15, 0.2) is 0 Å². The number of carbonyl (C=O) groups is 1. The first-order valence-corrected chi connectivity index (χ1v) is 7.23. The van der Waals surface area contributed by atoms with E-state index in [0.717, 1.165) is 4.57 Å². The molecule has 7 heteroatoms. The van der Waals surface area contributed by atoms with Gasteiger partial charge in [-0.15, -0.1) is 6.58 Å². The minimum Gasteiger partial charge on any atom is -0.349 e. The molecule has 2 rings (SSSR count). The highest BCUT2D eigenvalue weighted by Crippen LogP contribution is 2.18. The monoisotopic (exact) mass is 333 g/mol. The van der Waals surface area contributed by atoms with Gasteiger partial charge < -0.3 is 9.88 Å². The number of nitrogens with one attached hydrogen (secondary N) is 1. The first-order valence-electron chi connectivity index (χ1n) is 6.85. The molecule has 0 saturated carbocycles. The van der Waals surface area contributed by atoms with Crippen molar-refractivity contribution >= 4 is 17.5 Å². The first kappa shape index (κ1) is 16.8. The molecule has 0 fully saturated rings. The third-order valence-electron chi connectivity index (χ3n) is 3.42. The molecule has 0 radical (unpaired) electrons. The molecule has 2 aromatic rings. The second-order valence-electron chi connectivity index (χ2n) is 4.96. The van der Waals surface area contributed by atoms with Crippen molar-refractivity contribution in [1.82, 2.24) is 14.5 Å². The van der Waals surface area contributed by atoms with Gasteiger partial charge in [-0.2, -0.15) is 0 Å². The second-order valence-corrected chi connectivity index (χ2v) is 5.37. The maximum Gasteiger partial charge on any atom is 0.335 e. The van der Waals surface area contributed by atoms with Crippen LogP contribution in [0.1, 0.15) is 16.1 Å². The molecular weight excluding hydrogens is 318 g/mol. The van der Waals surface area contributed by atoms with Gasteiger partial charge in [-0.25, -0.2) is 9.36 Å². The fraction of sp³-hybridized carbons (Fsp3) is 0.188. The lowest BCUT2D eigenvalue weighted by Crippen LogP contribution is -2.38. The predicted molar refractivity (Wildman–Crippen MR) is 89.6 cm³/mol. The van der Waals surface area contributed by atoms with E-state index >= 15 is 0 Å². The Morgan fingerprint density at radius 1 is 1.35 bits per heavy atom. The zero-order chi connectivity index (χ0) is 17.1. The van der Waals surface area contributed by atoms with Crippen LogP contribution in [-0.2, 0) is 7.05 Å². The first-order chi connectivity index (χ1) is 10.9. The van der Waals surface area contributed by atoms with E-state index in [1.807, 2.05) is 0 Å². The van der Waals surface area contributed by atoms with Crippen molar-refractivity contribution in [3.63, 3.8) is 0 Å². The van der Waals surface area contributed by atoms with Crippen molar-refractivity contribution < 1.29 is 4.79 Å². The molecule has 0 spiro atoms. The Balaban J connectivity index is 2.61. The summed E-state index contributed by atoms with van der Waals surface area (Å²) >= 11 is 6.04. The molecule has 1 N–H and O–H groups in total. The Bertz CT molecular complexity index is 896. The summed E-state index contributed by atoms with van der Waals surface area (Å²) in [5.74, 6) is -0.409. The average molecular weight is 334 g/mol. The maximum atomic E-state index is 12.3. The predicted octanol–water partition coefficient (Wildman–Crippen LogP) is 1.41. The third-order valence-corrected chi connectivity index (χ3v) is 3.75. The Morgan fingerprint density at radius 2 is 2.04 bits per heavy atom. The highest BCUT2D eigenvalue weighted by atomic mass is 35.5. The van der Waals surface area contributed by atoms with E-state index in [2.05, 4.69) is 11.9 Å². The van der Waals surface area contributed by atoms with Gasteiger partial charge in [0.2, 0.25) is 0 Å². The molecule has 1 aromatic heterocycles. The van der Waals surface area contributed by atoms with E-state index in [-0.39, 0.29) is 22.8 Å². The van der Waals surface area contributed by atoms with E-state index in [1.165, 1.54) is 34.9 Å². The Labute approximate surface area is 137 Å². The lowest BCUT2D eigenvalue weighted by molar-refractivity contribution is 0.0958. The van der Waals surface area contributed by atoms with E-state index in [1.54, 1.807) is 14.0 Å². The number of benzene rings is 1. The largest absolute Gasteiger partial charge is 0.349 e. The van der Waals surface area contributed by atoms with Crippen molar-refractivity contribution in [3.05, 3.63) is 74.0 Å². The van der Waals surface area contributed by atoms with E-state index in [0.29, 0.717) is 5.69 Å². The van der Waals surface area contributed by atoms with Gasteiger partial charge in [-0.3, -0.25) is 9.59 Å². The Morgan fingerprint density at radius 3 is 2.70 bits per heavy atom. The van der Waals surface area contributed by atoms with Gasteiger partial charge in [-0.05, 0) is 25.1 Å². The second kappa shape index (κ2) is 6.66. The highest BCUT2D eigenvalue weighted by Gasteiger charge is 2.14. The molecule has 0 unspecified atom stereocenters. The summed E-state index contributed by atoms with van der Waals surface area (Å²) in [5.41, 5.74) is 0.0543. The van der Waals surface area contributed by atoms with Crippen LogP contribution in [0, 0.1) is 6.92 Å². The van der Waals surface area contributed by atoms with Gasteiger partial charge in [0.1, 0.15) is 0 Å². The van der Waals surface area contributed by atoms with Gasteiger partial charge in [0.25, 0.3) is 11.5 Å². The van der Waals surface area contributed by atoms with Crippen LogP contribution in [0.5, 0.6) is 0 Å². The Kier molecular flexibility index (Phi) is 4.86. The van der Waals surface area contributed by atoms with Crippen LogP contribution in [0.3, 0.4) is 0 Å². The summed E-state index contributed by atoms with van der Waals surface area (Å²) in [6.07, 6.45) is 1.54. The van der Waals surface area contributed by atoms with Gasteiger partial charge in [-0.1, -0.05) is 17.7 Å². The lowest BCUT2D eigenvalue weighted by atomic mass is 10.2. The van der Waals surface area contributed by atoms with E-state index in [4.69, 9.17) is 11.6 Å². The van der Waals surface area contributed by atoms with Gasteiger partial charge in [0, 0.05) is 25.4 Å². The average Bonchev–Trinajstić information content (AvgIpc) is 2.52. The summed E-state index contributed by atoms with van der Waals surface area (Å²) < 4.78 is 2.35. The van der Waals surface area contributed by atoms with Crippen molar-refractivity contribution in [1.29, 1.82) is 0 Å². The summed E-state index contributed by atoms with van der Waals surface area (Å²) in [4.78, 5) is 36.6. The number of rotatable bonds is 4. The molecule has 0 aliphatic heterocycles. The van der Waals surface area contributed by atoms with E-state index in [9.17, 15) is 14.4 Å². The zero-order valence-electron chi connectivity index (χ0n) is 12.8. The van der Waals surface area contributed by atoms with Crippen LogP contribution in [0.4, 0.5) is 0 Å². The molecule has 120 valence electrons. The van der Waals surface area contributed by atoms with Crippen LogP contribution in [0.15, 0.2) is 46.5 Å². The zero-order valence-corrected chi connectivity index (χ0v) is 13.6. The van der Waals surface area contributed by atoms with Crippen molar-refractivity contribution in [2.24, 2.45) is 7.05 Å². The normalized spacial score (nSPS) is 10.4.